The molecular formula is C16H22N2OS. The van der Waals surface area contributed by atoms with Gasteiger partial charge in [-0.1, -0.05) is 49.4 Å². The zero-order valence-electron chi connectivity index (χ0n) is 12.0. The summed E-state index contributed by atoms with van der Waals surface area (Å²) in [5.74, 6) is 1.13. The molecule has 1 aromatic carbocycles. The van der Waals surface area contributed by atoms with Crippen LogP contribution in [0.15, 0.2) is 36.4 Å². The zero-order chi connectivity index (χ0) is 14.4. The number of amides is 1. The molecular weight excluding hydrogens is 268 g/mol. The topological polar surface area (TPSA) is 41.1 Å². The molecule has 3 unspecified atom stereocenters. The smallest absolute Gasteiger partial charge is 0.226 e. The van der Waals surface area contributed by atoms with E-state index in [0.29, 0.717) is 0 Å². The maximum atomic E-state index is 11.9. The van der Waals surface area contributed by atoms with E-state index in [-0.39, 0.29) is 23.4 Å². The van der Waals surface area contributed by atoms with Crippen molar-refractivity contribution >= 4 is 23.7 Å². The molecule has 2 rings (SSSR count). The summed E-state index contributed by atoms with van der Waals surface area (Å²) >= 11 is 1.71. The van der Waals surface area contributed by atoms with Crippen LogP contribution in [0.25, 0.3) is 6.08 Å². The maximum Gasteiger partial charge on any atom is 0.226 e. The van der Waals surface area contributed by atoms with Gasteiger partial charge in [0.1, 0.15) is 5.50 Å². The molecule has 1 aliphatic heterocycles. The highest BCUT2D eigenvalue weighted by Crippen LogP contribution is 2.18. The molecule has 2 N–H and O–H groups in total. The van der Waals surface area contributed by atoms with Crippen LogP contribution in [-0.4, -0.2) is 23.2 Å². The lowest BCUT2D eigenvalue weighted by Crippen LogP contribution is -2.58. The van der Waals surface area contributed by atoms with Crippen molar-refractivity contribution in [2.24, 2.45) is 5.92 Å². The summed E-state index contributed by atoms with van der Waals surface area (Å²) in [4.78, 5) is 11.9. The number of hydrogen-bond donors (Lipinski definition) is 2. The summed E-state index contributed by atoms with van der Waals surface area (Å²) in [7, 11) is 0. The van der Waals surface area contributed by atoms with Gasteiger partial charge in [-0.15, -0.1) is 11.8 Å². The SMILES string of the molecule is CCC1C(=O)NC(SC/C=C/c2ccccc2)NC1C. The Balaban J connectivity index is 1.78. The first-order chi connectivity index (χ1) is 9.70. The molecule has 0 saturated carbocycles. The minimum absolute atomic E-state index is 0.0146. The molecule has 1 fully saturated rings. The average Bonchev–Trinajstić information content (AvgIpc) is 2.44. The van der Waals surface area contributed by atoms with E-state index in [2.05, 4.69) is 48.8 Å². The number of rotatable bonds is 5. The summed E-state index contributed by atoms with van der Waals surface area (Å²) in [6.07, 6.45) is 5.12. The van der Waals surface area contributed by atoms with E-state index in [1.165, 1.54) is 5.56 Å². The van der Waals surface area contributed by atoms with E-state index < -0.39 is 0 Å². The monoisotopic (exact) mass is 290 g/mol. The Labute approximate surface area is 125 Å². The first kappa shape index (κ1) is 15.1. The molecule has 1 heterocycles. The Bertz CT molecular complexity index is 461. The van der Waals surface area contributed by atoms with Gasteiger partial charge in [0.2, 0.25) is 5.91 Å². The maximum absolute atomic E-state index is 11.9. The Kier molecular flexibility index (Phi) is 5.68. The number of carbonyl (C=O) groups is 1. The van der Waals surface area contributed by atoms with Crippen LogP contribution in [0.3, 0.4) is 0 Å². The normalized spacial score (nSPS) is 26.7. The summed E-state index contributed by atoms with van der Waals surface area (Å²) in [5, 5.41) is 6.47. The van der Waals surface area contributed by atoms with Crippen molar-refractivity contribution in [1.29, 1.82) is 0 Å². The molecule has 0 spiro atoms. The number of benzene rings is 1. The van der Waals surface area contributed by atoms with Crippen LogP contribution in [0.2, 0.25) is 0 Å². The second kappa shape index (κ2) is 7.50. The van der Waals surface area contributed by atoms with Gasteiger partial charge in [-0.2, -0.15) is 0 Å². The van der Waals surface area contributed by atoms with E-state index in [1.807, 2.05) is 18.2 Å². The Morgan fingerprint density at radius 1 is 1.30 bits per heavy atom. The van der Waals surface area contributed by atoms with Crippen molar-refractivity contribution in [1.82, 2.24) is 10.6 Å². The van der Waals surface area contributed by atoms with Crippen LogP contribution >= 0.6 is 11.8 Å². The quantitative estimate of drug-likeness (QED) is 0.876. The zero-order valence-corrected chi connectivity index (χ0v) is 12.8. The van der Waals surface area contributed by atoms with Crippen molar-refractivity contribution < 1.29 is 4.79 Å². The second-order valence-corrected chi connectivity index (χ2v) is 6.14. The molecule has 0 aliphatic carbocycles. The fourth-order valence-corrected chi connectivity index (χ4v) is 3.30. The lowest BCUT2D eigenvalue weighted by molar-refractivity contribution is -0.128. The van der Waals surface area contributed by atoms with Crippen LogP contribution < -0.4 is 10.6 Å². The molecule has 3 nitrogen and oxygen atoms in total. The number of nitrogens with one attached hydrogen (secondary N) is 2. The van der Waals surface area contributed by atoms with Gasteiger partial charge in [-0.25, -0.2) is 0 Å². The lowest BCUT2D eigenvalue weighted by Gasteiger charge is -2.34. The molecule has 1 aromatic rings. The summed E-state index contributed by atoms with van der Waals surface area (Å²) in [6.45, 7) is 4.14. The van der Waals surface area contributed by atoms with Gasteiger partial charge >= 0.3 is 0 Å². The van der Waals surface area contributed by atoms with Crippen molar-refractivity contribution in [3.05, 3.63) is 42.0 Å². The van der Waals surface area contributed by atoms with Crippen LogP contribution in [0.4, 0.5) is 0 Å². The van der Waals surface area contributed by atoms with Crippen molar-refractivity contribution in [2.45, 2.75) is 31.8 Å². The molecule has 1 amide bonds. The highest BCUT2D eigenvalue weighted by Gasteiger charge is 2.31. The molecule has 1 aliphatic rings. The number of hydrogen-bond acceptors (Lipinski definition) is 3. The second-order valence-electron chi connectivity index (χ2n) is 5.01. The van der Waals surface area contributed by atoms with E-state index in [0.717, 1.165) is 12.2 Å². The third-order valence-corrected chi connectivity index (χ3v) is 4.51. The third kappa shape index (κ3) is 4.12. The number of carbonyl (C=O) groups excluding carboxylic acids is 1. The van der Waals surface area contributed by atoms with Crippen LogP contribution in [0, 0.1) is 5.92 Å². The van der Waals surface area contributed by atoms with Gasteiger partial charge in [0.25, 0.3) is 0 Å². The fraction of sp³-hybridized carbons (Fsp3) is 0.438. The van der Waals surface area contributed by atoms with Crippen LogP contribution in [0.1, 0.15) is 25.8 Å². The molecule has 0 bridgehead atoms. The molecule has 0 radical (unpaired) electrons. The molecule has 108 valence electrons. The molecule has 20 heavy (non-hydrogen) atoms. The molecule has 3 atom stereocenters. The van der Waals surface area contributed by atoms with E-state index >= 15 is 0 Å². The average molecular weight is 290 g/mol. The van der Waals surface area contributed by atoms with E-state index in [1.54, 1.807) is 11.8 Å². The van der Waals surface area contributed by atoms with E-state index in [4.69, 9.17) is 0 Å². The van der Waals surface area contributed by atoms with Gasteiger partial charge in [0.15, 0.2) is 0 Å². The fourth-order valence-electron chi connectivity index (χ4n) is 2.39. The minimum atomic E-state index is 0.0146. The predicted octanol–water partition coefficient (Wildman–Crippen LogP) is 2.85. The van der Waals surface area contributed by atoms with Gasteiger partial charge in [0.05, 0.1) is 5.92 Å². The Morgan fingerprint density at radius 2 is 2.05 bits per heavy atom. The van der Waals surface area contributed by atoms with E-state index in [9.17, 15) is 4.79 Å². The summed E-state index contributed by atoms with van der Waals surface area (Å²) < 4.78 is 0. The number of thioether (sulfide) groups is 1. The molecule has 4 heteroatoms. The van der Waals surface area contributed by atoms with Gasteiger partial charge < -0.3 is 5.32 Å². The van der Waals surface area contributed by atoms with Gasteiger partial charge in [-0.3, -0.25) is 10.1 Å². The van der Waals surface area contributed by atoms with Crippen molar-refractivity contribution in [2.75, 3.05) is 5.75 Å². The Morgan fingerprint density at radius 3 is 2.70 bits per heavy atom. The first-order valence-electron chi connectivity index (χ1n) is 7.10. The molecule has 0 aromatic heterocycles. The third-order valence-electron chi connectivity index (χ3n) is 3.54. The predicted molar refractivity (Wildman–Crippen MR) is 86.2 cm³/mol. The first-order valence-corrected chi connectivity index (χ1v) is 8.15. The Hall–Kier alpha value is -1.26. The highest BCUT2D eigenvalue weighted by atomic mass is 32.2. The van der Waals surface area contributed by atoms with Gasteiger partial charge in [0, 0.05) is 11.8 Å². The molecule has 1 saturated heterocycles. The van der Waals surface area contributed by atoms with Crippen LogP contribution in [0.5, 0.6) is 0 Å². The lowest BCUT2D eigenvalue weighted by atomic mass is 9.96. The summed E-state index contributed by atoms with van der Waals surface area (Å²) in [6, 6.07) is 10.5. The minimum Gasteiger partial charge on any atom is -0.331 e. The van der Waals surface area contributed by atoms with Crippen molar-refractivity contribution in [3.63, 3.8) is 0 Å². The van der Waals surface area contributed by atoms with Crippen LogP contribution in [-0.2, 0) is 4.79 Å². The van der Waals surface area contributed by atoms with Gasteiger partial charge in [-0.05, 0) is 18.9 Å². The highest BCUT2D eigenvalue weighted by molar-refractivity contribution is 8.00. The van der Waals surface area contributed by atoms with Crippen molar-refractivity contribution in [3.8, 4) is 0 Å². The summed E-state index contributed by atoms with van der Waals surface area (Å²) in [5.41, 5.74) is 1.22. The standard InChI is InChI=1S/C16H22N2OS/c1-3-14-12(2)17-16(18-15(14)19)20-11-7-10-13-8-5-4-6-9-13/h4-10,12,14,16-17H,3,11H2,1-2H3,(H,18,19)/b10-7+. The largest absolute Gasteiger partial charge is 0.331 e.